The number of fused-ring (bicyclic) bond motifs is 1. The summed E-state index contributed by atoms with van der Waals surface area (Å²) in [4.78, 5) is 11.4. The first-order valence-corrected chi connectivity index (χ1v) is 11.4. The van der Waals surface area contributed by atoms with Gasteiger partial charge >= 0.3 is 0 Å². The van der Waals surface area contributed by atoms with E-state index in [-0.39, 0.29) is 11.0 Å². The minimum Gasteiger partial charge on any atom is -0.485 e. The highest BCUT2D eigenvalue weighted by Gasteiger charge is 2.29. The molecule has 0 bridgehead atoms. The molecule has 0 atom stereocenters. The molecule has 1 saturated heterocycles. The molecule has 4 rings (SSSR count). The van der Waals surface area contributed by atoms with Gasteiger partial charge in [-0.2, -0.15) is 0 Å². The van der Waals surface area contributed by atoms with Gasteiger partial charge in [0.1, 0.15) is 17.4 Å². The second kappa shape index (κ2) is 8.17. The summed E-state index contributed by atoms with van der Waals surface area (Å²) in [5.41, 5.74) is 1.39. The van der Waals surface area contributed by atoms with Crippen molar-refractivity contribution in [3.05, 3.63) is 48.7 Å². The van der Waals surface area contributed by atoms with Gasteiger partial charge < -0.3 is 10.1 Å². The number of nitrogens with zero attached hydrogens (tertiary/aromatic N) is 3. The summed E-state index contributed by atoms with van der Waals surface area (Å²) in [6, 6.07) is 11.9. The molecule has 0 spiro atoms. The van der Waals surface area contributed by atoms with Crippen molar-refractivity contribution in [3.63, 3.8) is 0 Å². The maximum absolute atomic E-state index is 11.4. The summed E-state index contributed by atoms with van der Waals surface area (Å²) in [6.45, 7) is 7.35. The smallest absolute Gasteiger partial charge is 0.238 e. The molecule has 0 radical (unpaired) electrons. The summed E-state index contributed by atoms with van der Waals surface area (Å²) >= 11 is 0. The number of primary sulfonamides is 1. The SMILES string of the molecule is CC(C)CN1CC(Oc2cccc3cnc(Nc4ccc(S(N)(=O)=O)cc4)nc23)C1. The van der Waals surface area contributed by atoms with Crippen LogP contribution in [-0.4, -0.2) is 49.0 Å². The van der Waals surface area contributed by atoms with Crippen LogP contribution in [0.5, 0.6) is 5.75 Å². The summed E-state index contributed by atoms with van der Waals surface area (Å²) in [5.74, 6) is 1.78. The third-order valence-corrected chi connectivity index (χ3v) is 5.78. The standard InChI is InChI=1S/C21H25N5O3S/c1-14(2)11-26-12-17(13-26)29-19-5-3-4-15-10-23-21(25-20(15)19)24-16-6-8-18(9-7-16)30(22,27)28/h3-10,14,17H,11-13H2,1-2H3,(H2,22,27,28)(H,23,24,25). The van der Waals surface area contributed by atoms with E-state index < -0.39 is 10.0 Å². The van der Waals surface area contributed by atoms with Crippen LogP contribution in [0.4, 0.5) is 11.6 Å². The quantitative estimate of drug-likeness (QED) is 0.596. The molecule has 3 aromatic rings. The highest BCUT2D eigenvalue weighted by molar-refractivity contribution is 7.89. The molecule has 30 heavy (non-hydrogen) atoms. The Kier molecular flexibility index (Phi) is 5.59. The van der Waals surface area contributed by atoms with E-state index in [1.165, 1.54) is 12.1 Å². The van der Waals surface area contributed by atoms with Crippen molar-refractivity contribution in [2.45, 2.75) is 24.8 Å². The van der Waals surface area contributed by atoms with Crippen molar-refractivity contribution in [1.82, 2.24) is 14.9 Å². The molecule has 2 aromatic carbocycles. The number of sulfonamides is 1. The number of hydrogen-bond acceptors (Lipinski definition) is 7. The number of ether oxygens (including phenoxy) is 1. The molecule has 1 aliphatic rings. The van der Waals surface area contributed by atoms with Crippen molar-refractivity contribution < 1.29 is 13.2 Å². The van der Waals surface area contributed by atoms with E-state index in [9.17, 15) is 8.42 Å². The van der Waals surface area contributed by atoms with E-state index in [4.69, 9.17) is 9.88 Å². The van der Waals surface area contributed by atoms with Crippen LogP contribution in [0.1, 0.15) is 13.8 Å². The molecule has 0 unspecified atom stereocenters. The number of likely N-dealkylation sites (tertiary alicyclic amines) is 1. The van der Waals surface area contributed by atoms with Crippen LogP contribution < -0.4 is 15.2 Å². The van der Waals surface area contributed by atoms with Crippen LogP contribution in [-0.2, 0) is 10.0 Å². The first-order valence-electron chi connectivity index (χ1n) is 9.82. The molecular formula is C21H25N5O3S. The number of nitrogens with two attached hydrogens (primary N) is 1. The van der Waals surface area contributed by atoms with Gasteiger partial charge in [-0.1, -0.05) is 26.0 Å². The molecule has 1 fully saturated rings. The average Bonchev–Trinajstić information content (AvgIpc) is 2.66. The number of para-hydroxylation sites is 1. The Balaban J connectivity index is 1.50. The minimum absolute atomic E-state index is 0.0511. The van der Waals surface area contributed by atoms with Crippen LogP contribution >= 0.6 is 0 Å². The van der Waals surface area contributed by atoms with Crippen LogP contribution in [0.25, 0.3) is 10.9 Å². The largest absolute Gasteiger partial charge is 0.485 e. The first kappa shape index (κ1) is 20.5. The predicted molar refractivity (Wildman–Crippen MR) is 116 cm³/mol. The van der Waals surface area contributed by atoms with E-state index in [2.05, 4.69) is 34.0 Å². The number of hydrogen-bond donors (Lipinski definition) is 2. The molecular weight excluding hydrogens is 402 g/mol. The van der Waals surface area contributed by atoms with Gasteiger partial charge in [0.05, 0.1) is 4.90 Å². The van der Waals surface area contributed by atoms with Crippen LogP contribution in [0.15, 0.2) is 53.6 Å². The Morgan fingerprint density at radius 1 is 1.20 bits per heavy atom. The lowest BCUT2D eigenvalue weighted by atomic mass is 10.1. The fraction of sp³-hybridized carbons (Fsp3) is 0.333. The van der Waals surface area contributed by atoms with Gasteiger partial charge in [0, 0.05) is 36.9 Å². The lowest BCUT2D eigenvalue weighted by Crippen LogP contribution is -2.54. The zero-order valence-electron chi connectivity index (χ0n) is 16.9. The molecule has 2 heterocycles. The zero-order chi connectivity index (χ0) is 21.3. The van der Waals surface area contributed by atoms with Gasteiger partial charge in [-0.25, -0.2) is 23.5 Å². The fourth-order valence-electron chi connectivity index (χ4n) is 3.48. The lowest BCUT2D eigenvalue weighted by Gasteiger charge is -2.40. The molecule has 158 valence electrons. The monoisotopic (exact) mass is 427 g/mol. The van der Waals surface area contributed by atoms with Gasteiger partial charge in [0.2, 0.25) is 16.0 Å². The van der Waals surface area contributed by atoms with Crippen LogP contribution in [0.2, 0.25) is 0 Å². The van der Waals surface area contributed by atoms with Crippen LogP contribution in [0.3, 0.4) is 0 Å². The topological polar surface area (TPSA) is 110 Å². The van der Waals surface area contributed by atoms with Gasteiger partial charge in [-0.3, -0.25) is 4.90 Å². The van der Waals surface area contributed by atoms with E-state index in [0.29, 0.717) is 17.6 Å². The first-order chi connectivity index (χ1) is 14.3. The minimum atomic E-state index is -3.73. The molecule has 0 amide bonds. The van der Waals surface area contributed by atoms with Gasteiger partial charge in [-0.15, -0.1) is 0 Å². The van der Waals surface area contributed by atoms with E-state index in [1.807, 2.05) is 18.2 Å². The summed E-state index contributed by atoms with van der Waals surface area (Å²) in [5, 5.41) is 9.12. The van der Waals surface area contributed by atoms with Crippen molar-refractivity contribution in [2.75, 3.05) is 25.0 Å². The van der Waals surface area contributed by atoms with Crippen molar-refractivity contribution >= 4 is 32.6 Å². The van der Waals surface area contributed by atoms with Gasteiger partial charge in [0.15, 0.2) is 0 Å². The second-order valence-corrected chi connectivity index (χ2v) is 9.50. The molecule has 1 aliphatic heterocycles. The Morgan fingerprint density at radius 3 is 2.60 bits per heavy atom. The Labute approximate surface area is 176 Å². The van der Waals surface area contributed by atoms with Crippen molar-refractivity contribution in [3.8, 4) is 5.75 Å². The lowest BCUT2D eigenvalue weighted by molar-refractivity contribution is 0.0139. The van der Waals surface area contributed by atoms with Gasteiger partial charge in [0.25, 0.3) is 0 Å². The zero-order valence-corrected chi connectivity index (χ0v) is 17.8. The van der Waals surface area contributed by atoms with E-state index >= 15 is 0 Å². The number of nitrogens with one attached hydrogen (secondary N) is 1. The Bertz CT molecular complexity index is 1140. The van der Waals surface area contributed by atoms with E-state index in [0.717, 1.165) is 36.3 Å². The molecule has 3 N–H and O–H groups in total. The highest BCUT2D eigenvalue weighted by Crippen LogP contribution is 2.28. The molecule has 1 aromatic heterocycles. The molecule has 9 heteroatoms. The summed E-state index contributed by atoms with van der Waals surface area (Å²) < 4.78 is 29.0. The number of rotatable bonds is 7. The predicted octanol–water partition coefficient (Wildman–Crippen LogP) is 2.74. The maximum atomic E-state index is 11.4. The highest BCUT2D eigenvalue weighted by atomic mass is 32.2. The van der Waals surface area contributed by atoms with Crippen molar-refractivity contribution in [2.24, 2.45) is 11.1 Å². The fourth-order valence-corrected chi connectivity index (χ4v) is 4.00. The van der Waals surface area contributed by atoms with Gasteiger partial charge in [-0.05, 0) is 36.2 Å². The Morgan fingerprint density at radius 2 is 1.93 bits per heavy atom. The maximum Gasteiger partial charge on any atom is 0.238 e. The number of benzene rings is 2. The number of aromatic nitrogens is 2. The normalized spacial score (nSPS) is 15.3. The molecule has 0 saturated carbocycles. The summed E-state index contributed by atoms with van der Waals surface area (Å²) in [7, 11) is -3.73. The third-order valence-electron chi connectivity index (χ3n) is 4.85. The second-order valence-electron chi connectivity index (χ2n) is 7.93. The van der Waals surface area contributed by atoms with Crippen molar-refractivity contribution in [1.29, 1.82) is 0 Å². The Hall–Kier alpha value is -2.75. The van der Waals surface area contributed by atoms with E-state index in [1.54, 1.807) is 18.3 Å². The molecule has 8 nitrogen and oxygen atoms in total. The number of anilines is 2. The van der Waals surface area contributed by atoms with Crippen LogP contribution in [0, 0.1) is 5.92 Å². The third kappa shape index (κ3) is 4.69. The molecule has 0 aliphatic carbocycles. The average molecular weight is 428 g/mol. The summed E-state index contributed by atoms with van der Waals surface area (Å²) in [6.07, 6.45) is 1.90.